The fourth-order valence-electron chi connectivity index (χ4n) is 2.59. The van der Waals surface area contributed by atoms with Gasteiger partial charge in [-0.15, -0.1) is 0 Å². The van der Waals surface area contributed by atoms with Crippen LogP contribution in [0.4, 0.5) is 0 Å². The molecule has 0 aromatic heterocycles. The van der Waals surface area contributed by atoms with Crippen molar-refractivity contribution in [3.05, 3.63) is 28.8 Å². The first-order chi connectivity index (χ1) is 10.5. The molecule has 0 radical (unpaired) electrons. The molecule has 0 spiro atoms. The molecule has 2 N–H and O–H groups in total. The molecule has 1 aliphatic carbocycles. The van der Waals surface area contributed by atoms with E-state index in [4.69, 9.17) is 16.3 Å². The Kier molecular flexibility index (Phi) is 5.66. The smallest absolute Gasteiger partial charge is 0.255 e. The fourth-order valence-corrected chi connectivity index (χ4v) is 2.75. The summed E-state index contributed by atoms with van der Waals surface area (Å²) in [5.41, 5.74) is 0.354. The second-order valence-corrected chi connectivity index (χ2v) is 5.97. The van der Waals surface area contributed by atoms with E-state index in [1.54, 1.807) is 25.1 Å². The number of nitrogens with one attached hydrogen (secondary N) is 2. The van der Waals surface area contributed by atoms with E-state index in [0.29, 0.717) is 16.3 Å². The molecule has 2 rings (SSSR count). The van der Waals surface area contributed by atoms with Crippen molar-refractivity contribution >= 4 is 23.4 Å². The van der Waals surface area contributed by atoms with E-state index in [0.717, 1.165) is 25.7 Å². The largest absolute Gasteiger partial charge is 0.496 e. The highest BCUT2D eigenvalue weighted by molar-refractivity contribution is 6.30. The molecule has 22 heavy (non-hydrogen) atoms. The van der Waals surface area contributed by atoms with Crippen molar-refractivity contribution in [2.45, 2.75) is 44.7 Å². The van der Waals surface area contributed by atoms with E-state index in [2.05, 4.69) is 10.6 Å². The first kappa shape index (κ1) is 16.6. The molecule has 1 aromatic carbocycles. The van der Waals surface area contributed by atoms with Gasteiger partial charge in [-0.25, -0.2) is 0 Å². The van der Waals surface area contributed by atoms with E-state index in [1.807, 2.05) is 0 Å². The minimum absolute atomic E-state index is 0.159. The average molecular weight is 325 g/mol. The summed E-state index contributed by atoms with van der Waals surface area (Å²) in [5, 5.41) is 6.14. The number of amides is 2. The van der Waals surface area contributed by atoms with Crippen LogP contribution in [0.5, 0.6) is 5.75 Å². The SMILES string of the molecule is COc1cc(Cl)ccc1C(=O)N[C@H](C)C(=O)NC1CCCC1. The van der Waals surface area contributed by atoms with Gasteiger partial charge in [0.2, 0.25) is 5.91 Å². The lowest BCUT2D eigenvalue weighted by Gasteiger charge is -2.18. The van der Waals surface area contributed by atoms with E-state index in [-0.39, 0.29) is 17.9 Å². The van der Waals surface area contributed by atoms with Gasteiger partial charge >= 0.3 is 0 Å². The summed E-state index contributed by atoms with van der Waals surface area (Å²) in [6.07, 6.45) is 4.32. The van der Waals surface area contributed by atoms with Crippen LogP contribution in [-0.2, 0) is 4.79 Å². The van der Waals surface area contributed by atoms with Crippen molar-refractivity contribution in [1.29, 1.82) is 0 Å². The number of carbonyl (C=O) groups is 2. The van der Waals surface area contributed by atoms with Gasteiger partial charge in [0, 0.05) is 11.1 Å². The lowest BCUT2D eigenvalue weighted by molar-refractivity contribution is -0.123. The van der Waals surface area contributed by atoms with Crippen molar-refractivity contribution in [1.82, 2.24) is 10.6 Å². The molecule has 0 bridgehead atoms. The summed E-state index contributed by atoms with van der Waals surface area (Å²) in [7, 11) is 1.47. The molecule has 6 heteroatoms. The molecule has 1 atom stereocenters. The molecule has 1 aliphatic rings. The molecule has 1 aromatic rings. The summed E-state index contributed by atoms with van der Waals surface area (Å²) in [5.74, 6) is -0.135. The van der Waals surface area contributed by atoms with E-state index < -0.39 is 6.04 Å². The van der Waals surface area contributed by atoms with Gasteiger partial charge in [-0.1, -0.05) is 24.4 Å². The molecule has 0 aliphatic heterocycles. The quantitative estimate of drug-likeness (QED) is 0.874. The van der Waals surface area contributed by atoms with E-state index in [1.165, 1.54) is 7.11 Å². The highest BCUT2D eigenvalue weighted by Gasteiger charge is 2.23. The Morgan fingerprint density at radius 1 is 1.32 bits per heavy atom. The number of carbonyl (C=O) groups excluding carboxylic acids is 2. The first-order valence-electron chi connectivity index (χ1n) is 7.46. The molecule has 0 heterocycles. The van der Waals surface area contributed by atoms with Crippen LogP contribution in [0.2, 0.25) is 5.02 Å². The first-order valence-corrected chi connectivity index (χ1v) is 7.84. The maximum absolute atomic E-state index is 12.3. The monoisotopic (exact) mass is 324 g/mol. The van der Waals surface area contributed by atoms with Gasteiger partial charge in [0.1, 0.15) is 11.8 Å². The number of ether oxygens (including phenoxy) is 1. The van der Waals surface area contributed by atoms with Crippen LogP contribution in [0.15, 0.2) is 18.2 Å². The zero-order valence-electron chi connectivity index (χ0n) is 12.8. The fraction of sp³-hybridized carbons (Fsp3) is 0.500. The number of benzene rings is 1. The van der Waals surface area contributed by atoms with Crippen LogP contribution in [0, 0.1) is 0 Å². The maximum Gasteiger partial charge on any atom is 0.255 e. The zero-order chi connectivity index (χ0) is 16.1. The minimum atomic E-state index is -0.603. The summed E-state index contributed by atoms with van der Waals surface area (Å²) in [6.45, 7) is 1.67. The molecule has 1 saturated carbocycles. The van der Waals surface area contributed by atoms with Gasteiger partial charge in [-0.3, -0.25) is 9.59 Å². The number of halogens is 1. The lowest BCUT2D eigenvalue weighted by Crippen LogP contribution is -2.47. The minimum Gasteiger partial charge on any atom is -0.496 e. The van der Waals surface area contributed by atoms with Crippen molar-refractivity contribution in [2.75, 3.05) is 7.11 Å². The summed E-state index contributed by atoms with van der Waals surface area (Å²) >= 11 is 5.88. The van der Waals surface area contributed by atoms with Crippen LogP contribution < -0.4 is 15.4 Å². The average Bonchev–Trinajstić information content (AvgIpc) is 2.99. The van der Waals surface area contributed by atoms with Gasteiger partial charge in [0.15, 0.2) is 0 Å². The Morgan fingerprint density at radius 3 is 2.64 bits per heavy atom. The van der Waals surface area contributed by atoms with Crippen molar-refractivity contribution in [3.63, 3.8) is 0 Å². The Morgan fingerprint density at radius 2 is 2.00 bits per heavy atom. The Labute approximate surface area is 135 Å². The molecule has 5 nitrogen and oxygen atoms in total. The van der Waals surface area contributed by atoms with Crippen LogP contribution in [0.3, 0.4) is 0 Å². The van der Waals surface area contributed by atoms with E-state index in [9.17, 15) is 9.59 Å². The third-order valence-electron chi connectivity index (χ3n) is 3.85. The molecule has 120 valence electrons. The maximum atomic E-state index is 12.3. The number of rotatable bonds is 5. The summed E-state index contributed by atoms with van der Waals surface area (Å²) in [4.78, 5) is 24.4. The standard InChI is InChI=1S/C16H21ClN2O3/c1-10(15(20)19-12-5-3-4-6-12)18-16(21)13-8-7-11(17)9-14(13)22-2/h7-10,12H,3-6H2,1-2H3,(H,18,21)(H,19,20)/t10-/m1/s1. The van der Waals surface area contributed by atoms with Crippen molar-refractivity contribution in [2.24, 2.45) is 0 Å². The van der Waals surface area contributed by atoms with Gasteiger partial charge in [0.05, 0.1) is 12.7 Å². The number of hydrogen-bond donors (Lipinski definition) is 2. The van der Waals surface area contributed by atoms with Crippen LogP contribution in [-0.4, -0.2) is 31.0 Å². The summed E-state index contributed by atoms with van der Waals surface area (Å²) < 4.78 is 5.15. The third-order valence-corrected chi connectivity index (χ3v) is 4.09. The molecule has 0 unspecified atom stereocenters. The van der Waals surface area contributed by atoms with Gasteiger partial charge < -0.3 is 15.4 Å². The number of methoxy groups -OCH3 is 1. The normalized spacial score (nSPS) is 16.1. The summed E-state index contributed by atoms with van der Waals surface area (Å²) in [6, 6.07) is 4.39. The highest BCUT2D eigenvalue weighted by Crippen LogP contribution is 2.23. The van der Waals surface area contributed by atoms with Gasteiger partial charge in [-0.05, 0) is 38.0 Å². The molecular formula is C16H21ClN2O3. The van der Waals surface area contributed by atoms with Gasteiger partial charge in [-0.2, -0.15) is 0 Å². The van der Waals surface area contributed by atoms with Crippen LogP contribution >= 0.6 is 11.6 Å². The zero-order valence-corrected chi connectivity index (χ0v) is 13.6. The molecule has 0 saturated heterocycles. The second-order valence-electron chi connectivity index (χ2n) is 5.53. The Balaban J connectivity index is 1.97. The van der Waals surface area contributed by atoms with E-state index >= 15 is 0 Å². The third kappa shape index (κ3) is 4.13. The topological polar surface area (TPSA) is 67.4 Å². The predicted molar refractivity (Wildman–Crippen MR) is 85.3 cm³/mol. The molecule has 2 amide bonds. The van der Waals surface area contributed by atoms with Gasteiger partial charge in [0.25, 0.3) is 5.91 Å². The lowest BCUT2D eigenvalue weighted by atomic mass is 10.1. The Hall–Kier alpha value is -1.75. The molecule has 1 fully saturated rings. The number of hydrogen-bond acceptors (Lipinski definition) is 3. The van der Waals surface area contributed by atoms with Crippen molar-refractivity contribution < 1.29 is 14.3 Å². The Bertz CT molecular complexity index is 556. The molecular weight excluding hydrogens is 304 g/mol. The second kappa shape index (κ2) is 7.49. The predicted octanol–water partition coefficient (Wildman–Crippen LogP) is 2.53. The van der Waals surface area contributed by atoms with Crippen molar-refractivity contribution in [3.8, 4) is 5.75 Å². The highest BCUT2D eigenvalue weighted by atomic mass is 35.5. The van der Waals surface area contributed by atoms with Crippen LogP contribution in [0.25, 0.3) is 0 Å². The van der Waals surface area contributed by atoms with Crippen LogP contribution in [0.1, 0.15) is 43.0 Å².